The van der Waals surface area contributed by atoms with Crippen molar-refractivity contribution in [2.75, 3.05) is 0 Å². The fraction of sp³-hybridized carbons (Fsp3) is 0. The van der Waals surface area contributed by atoms with Crippen LogP contribution in [0.5, 0.6) is 0 Å². The van der Waals surface area contributed by atoms with Crippen molar-refractivity contribution in [2.24, 2.45) is 5.73 Å². The van der Waals surface area contributed by atoms with Crippen LogP contribution >= 0.6 is 12.2 Å². The van der Waals surface area contributed by atoms with Crippen LogP contribution in [0, 0.1) is 21.4 Å². The Morgan fingerprint density at radius 1 is 1.50 bits per heavy atom. The number of non-ortho nitro benzene ring substituents is 1. The molecule has 16 heavy (non-hydrogen) atoms. The van der Waals surface area contributed by atoms with E-state index in [1.54, 1.807) is 0 Å². The van der Waals surface area contributed by atoms with Crippen LogP contribution in [0.15, 0.2) is 29.8 Å². The molecule has 0 aliphatic rings. The van der Waals surface area contributed by atoms with Crippen molar-refractivity contribution in [1.82, 2.24) is 0 Å². The third-order valence-corrected chi connectivity index (χ3v) is 2.02. The molecular weight excluding hydrogens is 226 g/mol. The lowest BCUT2D eigenvalue weighted by Gasteiger charge is -1.96. The second-order valence-corrected chi connectivity index (χ2v) is 3.32. The Balaban J connectivity index is 3.04. The van der Waals surface area contributed by atoms with Gasteiger partial charge in [-0.2, -0.15) is 5.26 Å². The minimum absolute atomic E-state index is 0.000790. The molecule has 6 heteroatoms. The summed E-state index contributed by atoms with van der Waals surface area (Å²) in [6, 6.07) is 7.59. The first-order chi connectivity index (χ1) is 7.54. The Bertz CT molecular complexity index is 500. The van der Waals surface area contributed by atoms with E-state index in [0.717, 1.165) is 0 Å². The Labute approximate surface area is 96.9 Å². The van der Waals surface area contributed by atoms with Gasteiger partial charge in [-0.25, -0.2) is 0 Å². The topological polar surface area (TPSA) is 92.9 Å². The molecule has 0 amide bonds. The van der Waals surface area contributed by atoms with Gasteiger partial charge < -0.3 is 5.73 Å². The minimum atomic E-state index is -0.494. The zero-order valence-electron chi connectivity index (χ0n) is 8.08. The number of hydrogen-bond acceptors (Lipinski definition) is 4. The van der Waals surface area contributed by atoms with Crippen molar-refractivity contribution < 1.29 is 4.92 Å². The fourth-order valence-corrected chi connectivity index (χ4v) is 1.12. The van der Waals surface area contributed by atoms with E-state index in [1.807, 2.05) is 6.07 Å². The zero-order chi connectivity index (χ0) is 12.1. The first-order valence-corrected chi connectivity index (χ1v) is 4.61. The van der Waals surface area contributed by atoms with Crippen LogP contribution in [0.25, 0.3) is 6.08 Å². The molecule has 2 N–H and O–H groups in total. The van der Waals surface area contributed by atoms with Gasteiger partial charge in [0.1, 0.15) is 11.1 Å². The molecular formula is C10H7N3O2S. The van der Waals surface area contributed by atoms with E-state index in [2.05, 4.69) is 12.2 Å². The predicted molar refractivity (Wildman–Crippen MR) is 63.5 cm³/mol. The van der Waals surface area contributed by atoms with Crippen LogP contribution in [-0.2, 0) is 0 Å². The van der Waals surface area contributed by atoms with Crippen LogP contribution in [0.1, 0.15) is 5.56 Å². The van der Waals surface area contributed by atoms with E-state index in [-0.39, 0.29) is 16.2 Å². The van der Waals surface area contributed by atoms with Crippen molar-refractivity contribution in [3.8, 4) is 6.07 Å². The third kappa shape index (κ3) is 2.87. The van der Waals surface area contributed by atoms with Gasteiger partial charge in [0.2, 0.25) is 0 Å². The smallest absolute Gasteiger partial charge is 0.269 e. The van der Waals surface area contributed by atoms with Gasteiger partial charge in [0, 0.05) is 12.1 Å². The fourth-order valence-electron chi connectivity index (χ4n) is 1.02. The summed E-state index contributed by atoms with van der Waals surface area (Å²) in [5.74, 6) is 0. The third-order valence-electron chi connectivity index (χ3n) is 1.80. The van der Waals surface area contributed by atoms with Gasteiger partial charge >= 0.3 is 0 Å². The number of nitrogens with two attached hydrogens (primary N) is 1. The van der Waals surface area contributed by atoms with Gasteiger partial charge in [-0.3, -0.25) is 10.1 Å². The van der Waals surface area contributed by atoms with Gasteiger partial charge in [0.05, 0.1) is 10.5 Å². The SMILES string of the molecule is N#C/C(=C\c1ccc([N+](=O)[O-])cc1)C(N)=S. The highest BCUT2D eigenvalue weighted by Gasteiger charge is 2.04. The maximum Gasteiger partial charge on any atom is 0.269 e. The van der Waals surface area contributed by atoms with Gasteiger partial charge in [0.25, 0.3) is 5.69 Å². The van der Waals surface area contributed by atoms with Crippen molar-refractivity contribution in [2.45, 2.75) is 0 Å². The normalized spacial score (nSPS) is 10.6. The highest BCUT2D eigenvalue weighted by molar-refractivity contribution is 7.80. The second-order valence-electron chi connectivity index (χ2n) is 2.88. The summed E-state index contributed by atoms with van der Waals surface area (Å²) in [5.41, 5.74) is 6.10. The minimum Gasteiger partial charge on any atom is -0.389 e. The van der Waals surface area contributed by atoms with Crippen LogP contribution in [0.2, 0.25) is 0 Å². The van der Waals surface area contributed by atoms with Gasteiger partial charge in [-0.05, 0) is 23.8 Å². The van der Waals surface area contributed by atoms with E-state index in [9.17, 15) is 10.1 Å². The number of nitro groups is 1. The van der Waals surface area contributed by atoms with E-state index in [1.165, 1.54) is 30.3 Å². The average molecular weight is 233 g/mol. The summed E-state index contributed by atoms with van der Waals surface area (Å²) in [4.78, 5) is 9.90. The standard InChI is InChI=1S/C10H7N3O2S/c11-6-8(10(12)16)5-7-1-3-9(4-2-7)13(14)15/h1-5H,(H2,12,16)/b8-5+. The van der Waals surface area contributed by atoms with Crippen molar-refractivity contribution in [3.05, 3.63) is 45.5 Å². The highest BCUT2D eigenvalue weighted by Crippen LogP contribution is 2.14. The molecule has 1 aromatic rings. The molecule has 0 aliphatic heterocycles. The van der Waals surface area contributed by atoms with Crippen molar-refractivity contribution >= 4 is 29.0 Å². The van der Waals surface area contributed by atoms with Crippen LogP contribution < -0.4 is 5.73 Å². The van der Waals surface area contributed by atoms with Crippen molar-refractivity contribution in [3.63, 3.8) is 0 Å². The number of nitro benzene ring substituents is 1. The molecule has 0 unspecified atom stereocenters. The number of thiocarbonyl (C=S) groups is 1. The zero-order valence-corrected chi connectivity index (χ0v) is 8.90. The molecule has 0 saturated heterocycles. The van der Waals surface area contributed by atoms with E-state index < -0.39 is 4.92 Å². The summed E-state index contributed by atoms with van der Waals surface area (Å²) in [6.07, 6.45) is 1.48. The molecule has 5 nitrogen and oxygen atoms in total. The van der Waals surface area contributed by atoms with Crippen LogP contribution in [0.3, 0.4) is 0 Å². The molecule has 0 atom stereocenters. The van der Waals surface area contributed by atoms with E-state index in [0.29, 0.717) is 5.56 Å². The second kappa shape index (κ2) is 5.00. The number of hydrogen-bond donors (Lipinski definition) is 1. The molecule has 1 aromatic carbocycles. The molecule has 0 bridgehead atoms. The van der Waals surface area contributed by atoms with E-state index >= 15 is 0 Å². The highest BCUT2D eigenvalue weighted by atomic mass is 32.1. The van der Waals surface area contributed by atoms with E-state index in [4.69, 9.17) is 11.0 Å². The first-order valence-electron chi connectivity index (χ1n) is 4.20. The Kier molecular flexibility index (Phi) is 3.69. The number of nitrogens with zero attached hydrogens (tertiary/aromatic N) is 2. The molecule has 0 radical (unpaired) electrons. The summed E-state index contributed by atoms with van der Waals surface area (Å²) in [6.45, 7) is 0. The molecule has 0 spiro atoms. The molecule has 80 valence electrons. The van der Waals surface area contributed by atoms with Crippen LogP contribution in [0.4, 0.5) is 5.69 Å². The lowest BCUT2D eigenvalue weighted by Crippen LogP contribution is -2.09. The quantitative estimate of drug-likeness (QED) is 0.282. The Hall–Kier alpha value is -2.26. The monoisotopic (exact) mass is 233 g/mol. The van der Waals surface area contributed by atoms with Gasteiger partial charge in [-0.1, -0.05) is 12.2 Å². The van der Waals surface area contributed by atoms with Crippen LogP contribution in [-0.4, -0.2) is 9.91 Å². The molecule has 0 fully saturated rings. The lowest BCUT2D eigenvalue weighted by molar-refractivity contribution is -0.384. The summed E-state index contributed by atoms with van der Waals surface area (Å²) in [7, 11) is 0. The Morgan fingerprint density at radius 3 is 2.44 bits per heavy atom. The summed E-state index contributed by atoms with van der Waals surface area (Å²) < 4.78 is 0. The first kappa shape index (κ1) is 11.8. The molecule has 1 rings (SSSR count). The predicted octanol–water partition coefficient (Wildman–Crippen LogP) is 1.79. The summed E-state index contributed by atoms with van der Waals surface area (Å²) >= 11 is 4.66. The maximum absolute atomic E-state index is 10.4. The molecule has 0 heterocycles. The summed E-state index contributed by atoms with van der Waals surface area (Å²) in [5, 5.41) is 19.1. The molecule has 0 saturated carbocycles. The number of nitriles is 1. The van der Waals surface area contributed by atoms with Crippen molar-refractivity contribution in [1.29, 1.82) is 5.26 Å². The Morgan fingerprint density at radius 2 is 2.06 bits per heavy atom. The van der Waals surface area contributed by atoms with Gasteiger partial charge in [-0.15, -0.1) is 0 Å². The van der Waals surface area contributed by atoms with Gasteiger partial charge in [0.15, 0.2) is 0 Å². The number of benzene rings is 1. The lowest BCUT2D eigenvalue weighted by atomic mass is 10.1. The largest absolute Gasteiger partial charge is 0.389 e. The average Bonchev–Trinajstić information content (AvgIpc) is 2.26. The molecule has 0 aromatic heterocycles. The maximum atomic E-state index is 10.4. The number of rotatable bonds is 3. The molecule has 0 aliphatic carbocycles.